The third-order valence-electron chi connectivity index (χ3n) is 6.23. The smallest absolute Gasteiger partial charge is 0.152 e. The molecule has 3 aromatic carbocycles. The Morgan fingerprint density at radius 1 is 1.05 bits per heavy atom. The number of rotatable bonds is 12. The Bertz CT molecular complexity index is 1840. The molecule has 0 bridgehead atoms. The van der Waals surface area contributed by atoms with E-state index in [0.717, 1.165) is 0 Å². The summed E-state index contributed by atoms with van der Waals surface area (Å²) in [6.07, 6.45) is 1.35. The SMILES string of the molecule is CCS(=O)(=O)CCOCc1nc(-c2cc3c(Nc4ccc(OCc5cccc(F)c5)c(Br)c4)ncnc3cc2F)cs1. The summed E-state index contributed by atoms with van der Waals surface area (Å²) >= 11 is 4.82. The Morgan fingerprint density at radius 3 is 2.69 bits per heavy atom. The lowest BCUT2D eigenvalue weighted by Crippen LogP contribution is -2.13. The number of nitrogens with one attached hydrogen (secondary N) is 1. The molecule has 218 valence electrons. The maximum atomic E-state index is 15.1. The standard InChI is InChI=1S/C29H25BrF2N4O4S2/c1-2-42(37,38)9-8-39-15-28-36-26(16-41-28)21-12-22-25(13-24(21)32)33-17-34-29(22)35-20-6-7-27(23(30)11-20)40-14-18-4-3-5-19(31)10-18/h3-7,10-13,16-17H,2,8-9,14-15H2,1H3,(H,33,34,35). The topological polar surface area (TPSA) is 103 Å². The zero-order valence-corrected chi connectivity index (χ0v) is 25.5. The molecular weight excluding hydrogens is 650 g/mol. The third-order valence-corrected chi connectivity index (χ3v) is 9.34. The predicted octanol–water partition coefficient (Wildman–Crippen LogP) is 7.07. The number of hydrogen-bond donors (Lipinski definition) is 1. The molecule has 0 aliphatic rings. The quantitative estimate of drug-likeness (QED) is 0.140. The molecule has 2 heterocycles. The molecule has 2 aromatic heterocycles. The second kappa shape index (κ2) is 13.2. The molecule has 0 spiro atoms. The van der Waals surface area contributed by atoms with Crippen molar-refractivity contribution in [3.05, 3.63) is 93.0 Å². The van der Waals surface area contributed by atoms with Gasteiger partial charge in [-0.2, -0.15) is 0 Å². The summed E-state index contributed by atoms with van der Waals surface area (Å²) in [5, 5.41) is 6.17. The lowest BCUT2D eigenvalue weighted by Gasteiger charge is -2.13. The highest BCUT2D eigenvalue weighted by Crippen LogP contribution is 2.34. The van der Waals surface area contributed by atoms with Crippen molar-refractivity contribution in [2.45, 2.75) is 20.1 Å². The fourth-order valence-corrected chi connectivity index (χ4v) is 5.87. The second-order valence-corrected chi connectivity index (χ2v) is 13.4. The minimum Gasteiger partial charge on any atom is -0.488 e. The van der Waals surface area contributed by atoms with Crippen molar-refractivity contribution < 1.29 is 26.7 Å². The van der Waals surface area contributed by atoms with E-state index >= 15 is 4.39 Å². The van der Waals surface area contributed by atoms with Crippen LogP contribution in [0.2, 0.25) is 0 Å². The van der Waals surface area contributed by atoms with Crippen LogP contribution in [-0.2, 0) is 27.8 Å². The van der Waals surface area contributed by atoms with Gasteiger partial charge in [-0.3, -0.25) is 0 Å². The molecule has 0 atom stereocenters. The van der Waals surface area contributed by atoms with Gasteiger partial charge in [0.05, 0.1) is 34.6 Å². The lowest BCUT2D eigenvalue weighted by molar-refractivity contribution is 0.135. The number of fused-ring (bicyclic) bond motifs is 1. The first kappa shape index (κ1) is 30.0. The van der Waals surface area contributed by atoms with Crippen LogP contribution in [0.15, 0.2) is 70.8 Å². The Morgan fingerprint density at radius 2 is 1.90 bits per heavy atom. The van der Waals surface area contributed by atoms with Gasteiger partial charge in [0.1, 0.15) is 41.1 Å². The van der Waals surface area contributed by atoms with Crippen LogP contribution >= 0.6 is 27.3 Å². The van der Waals surface area contributed by atoms with Gasteiger partial charge in [-0.15, -0.1) is 11.3 Å². The van der Waals surface area contributed by atoms with E-state index in [-0.39, 0.29) is 42.7 Å². The van der Waals surface area contributed by atoms with Crippen molar-refractivity contribution in [1.82, 2.24) is 15.0 Å². The fourth-order valence-electron chi connectivity index (χ4n) is 3.98. The van der Waals surface area contributed by atoms with Gasteiger partial charge in [-0.25, -0.2) is 32.2 Å². The van der Waals surface area contributed by atoms with E-state index in [2.05, 4.69) is 36.2 Å². The molecule has 42 heavy (non-hydrogen) atoms. The summed E-state index contributed by atoms with van der Waals surface area (Å²) in [4.78, 5) is 13.1. The Hall–Kier alpha value is -3.52. The van der Waals surface area contributed by atoms with Gasteiger partial charge in [0.25, 0.3) is 0 Å². The minimum atomic E-state index is -3.11. The second-order valence-electron chi connectivity index (χ2n) is 9.18. The van der Waals surface area contributed by atoms with Crippen LogP contribution in [0.3, 0.4) is 0 Å². The molecule has 0 fully saturated rings. The van der Waals surface area contributed by atoms with Gasteiger partial charge in [0.2, 0.25) is 0 Å². The highest BCUT2D eigenvalue weighted by molar-refractivity contribution is 9.10. The van der Waals surface area contributed by atoms with Gasteiger partial charge in [0, 0.05) is 33.8 Å². The number of sulfone groups is 1. The molecule has 0 unspecified atom stereocenters. The molecule has 8 nitrogen and oxygen atoms in total. The van der Waals surface area contributed by atoms with E-state index in [0.29, 0.717) is 48.9 Å². The average Bonchev–Trinajstić information content (AvgIpc) is 3.43. The van der Waals surface area contributed by atoms with Gasteiger partial charge < -0.3 is 14.8 Å². The summed E-state index contributed by atoms with van der Waals surface area (Å²) in [6.45, 7) is 2.00. The number of halogens is 3. The van der Waals surface area contributed by atoms with Crippen molar-refractivity contribution >= 4 is 59.5 Å². The molecule has 0 amide bonds. The van der Waals surface area contributed by atoms with Crippen molar-refractivity contribution in [2.75, 3.05) is 23.4 Å². The maximum Gasteiger partial charge on any atom is 0.152 e. The van der Waals surface area contributed by atoms with E-state index in [1.807, 2.05) is 12.1 Å². The maximum absolute atomic E-state index is 15.1. The Kier molecular flexibility index (Phi) is 9.41. The number of aromatic nitrogens is 3. The van der Waals surface area contributed by atoms with Gasteiger partial charge in [-0.1, -0.05) is 19.1 Å². The molecule has 0 aliphatic heterocycles. The molecular formula is C29H25BrF2N4O4S2. The zero-order chi connectivity index (χ0) is 29.7. The Labute approximate surface area is 253 Å². The van der Waals surface area contributed by atoms with Crippen LogP contribution in [0.1, 0.15) is 17.5 Å². The first-order valence-electron chi connectivity index (χ1n) is 12.8. The summed E-state index contributed by atoms with van der Waals surface area (Å²) in [5.41, 5.74) is 2.53. The van der Waals surface area contributed by atoms with Gasteiger partial charge in [-0.05, 0) is 57.9 Å². The molecule has 13 heteroatoms. The van der Waals surface area contributed by atoms with Crippen LogP contribution in [0.5, 0.6) is 5.75 Å². The zero-order valence-electron chi connectivity index (χ0n) is 22.3. The molecule has 1 N–H and O–H groups in total. The van der Waals surface area contributed by atoms with E-state index in [1.165, 1.54) is 35.9 Å². The molecule has 0 saturated carbocycles. The molecule has 0 aliphatic carbocycles. The number of ether oxygens (including phenoxy) is 2. The van der Waals surface area contributed by atoms with Crippen molar-refractivity contribution in [3.63, 3.8) is 0 Å². The fraction of sp³-hybridized carbons (Fsp3) is 0.207. The summed E-state index contributed by atoms with van der Waals surface area (Å²) in [6, 6.07) is 14.6. The van der Waals surface area contributed by atoms with Crippen LogP contribution < -0.4 is 10.1 Å². The summed E-state index contributed by atoms with van der Waals surface area (Å²) in [5.74, 6) is 0.250. The number of anilines is 2. The van der Waals surface area contributed by atoms with Gasteiger partial charge >= 0.3 is 0 Å². The first-order valence-corrected chi connectivity index (χ1v) is 16.3. The predicted molar refractivity (Wildman–Crippen MR) is 163 cm³/mol. The van der Waals surface area contributed by atoms with Crippen LogP contribution in [-0.4, -0.2) is 41.5 Å². The number of nitrogens with zero attached hydrogens (tertiary/aromatic N) is 3. The average molecular weight is 676 g/mol. The monoisotopic (exact) mass is 674 g/mol. The number of hydrogen-bond acceptors (Lipinski definition) is 9. The van der Waals surface area contributed by atoms with Crippen molar-refractivity contribution in [3.8, 4) is 17.0 Å². The normalized spacial score (nSPS) is 11.6. The summed E-state index contributed by atoms with van der Waals surface area (Å²) < 4.78 is 63.8. The highest BCUT2D eigenvalue weighted by atomic mass is 79.9. The highest BCUT2D eigenvalue weighted by Gasteiger charge is 2.15. The minimum absolute atomic E-state index is 0.0575. The largest absolute Gasteiger partial charge is 0.488 e. The molecule has 0 radical (unpaired) electrons. The Balaban J connectivity index is 1.31. The lowest BCUT2D eigenvalue weighted by atomic mass is 10.1. The van der Waals surface area contributed by atoms with E-state index in [4.69, 9.17) is 9.47 Å². The van der Waals surface area contributed by atoms with Gasteiger partial charge in [0.15, 0.2) is 9.84 Å². The van der Waals surface area contributed by atoms with Crippen molar-refractivity contribution in [2.24, 2.45) is 0 Å². The molecule has 5 aromatic rings. The van der Waals surface area contributed by atoms with E-state index < -0.39 is 15.7 Å². The molecule has 0 saturated heterocycles. The summed E-state index contributed by atoms with van der Waals surface area (Å²) in [7, 11) is -3.11. The van der Waals surface area contributed by atoms with E-state index in [9.17, 15) is 12.8 Å². The molecule has 5 rings (SSSR count). The third kappa shape index (κ3) is 7.46. The van der Waals surface area contributed by atoms with Crippen LogP contribution in [0.4, 0.5) is 20.3 Å². The van der Waals surface area contributed by atoms with Crippen molar-refractivity contribution in [1.29, 1.82) is 0 Å². The first-order chi connectivity index (χ1) is 20.2. The number of thiazole rings is 1. The van der Waals surface area contributed by atoms with Crippen LogP contribution in [0, 0.1) is 11.6 Å². The number of benzene rings is 3. The van der Waals surface area contributed by atoms with E-state index in [1.54, 1.807) is 36.6 Å². The van der Waals surface area contributed by atoms with Crippen LogP contribution in [0.25, 0.3) is 22.2 Å².